The van der Waals surface area contributed by atoms with E-state index in [1.807, 2.05) is 30.4 Å². The van der Waals surface area contributed by atoms with Gasteiger partial charge in [-0.15, -0.1) is 0 Å². The maximum Gasteiger partial charge on any atom is 0.168 e. The van der Waals surface area contributed by atoms with Gasteiger partial charge in [0.1, 0.15) is 0 Å². The van der Waals surface area contributed by atoms with Crippen LogP contribution in [0.2, 0.25) is 0 Å². The van der Waals surface area contributed by atoms with Crippen LogP contribution in [0.25, 0.3) is 17.1 Å². The molecule has 1 aliphatic carbocycles. The van der Waals surface area contributed by atoms with Crippen molar-refractivity contribution >= 4 is 22.9 Å². The van der Waals surface area contributed by atoms with Gasteiger partial charge in [0, 0.05) is 23.6 Å². The number of hydrogen-bond donors (Lipinski definition) is 0. The normalized spacial score (nSPS) is 14.3. The molecule has 3 heteroatoms. The molecule has 72 valence electrons. The Balaban J connectivity index is 2.38. The van der Waals surface area contributed by atoms with Crippen LogP contribution in [0.3, 0.4) is 0 Å². The summed E-state index contributed by atoms with van der Waals surface area (Å²) in [6.07, 6.45) is 5.90. The average molecular weight is 196 g/mol. The van der Waals surface area contributed by atoms with Crippen molar-refractivity contribution in [2.45, 2.75) is 6.42 Å². The van der Waals surface area contributed by atoms with E-state index >= 15 is 0 Å². The predicted octanol–water partition coefficient (Wildman–Crippen LogP) is 2.23. The highest BCUT2D eigenvalue weighted by molar-refractivity contribution is 6.04. The number of ketones is 1. The van der Waals surface area contributed by atoms with Crippen molar-refractivity contribution in [1.29, 1.82) is 0 Å². The standard InChI is InChI=1S/C12H8N2O/c15-11-5-1-4-10-9(11)7-8-3-2-6-13-12(8)14-10/h1-4,6-7H,5H2. The van der Waals surface area contributed by atoms with Crippen molar-refractivity contribution in [3.63, 3.8) is 0 Å². The Labute approximate surface area is 86.5 Å². The van der Waals surface area contributed by atoms with Gasteiger partial charge in [0.15, 0.2) is 11.4 Å². The monoisotopic (exact) mass is 196 g/mol. The van der Waals surface area contributed by atoms with Crippen LogP contribution in [0, 0.1) is 0 Å². The molecule has 3 nitrogen and oxygen atoms in total. The number of fused-ring (bicyclic) bond motifs is 2. The lowest BCUT2D eigenvalue weighted by molar-refractivity contribution is 0.0994. The molecule has 0 N–H and O–H groups in total. The van der Waals surface area contributed by atoms with Gasteiger partial charge in [-0.3, -0.25) is 4.79 Å². The maximum atomic E-state index is 11.6. The van der Waals surface area contributed by atoms with Crippen molar-refractivity contribution in [2.75, 3.05) is 0 Å². The molecular weight excluding hydrogens is 188 g/mol. The average Bonchev–Trinajstić information content (AvgIpc) is 2.27. The van der Waals surface area contributed by atoms with Crippen molar-refractivity contribution in [2.24, 2.45) is 0 Å². The SMILES string of the molecule is O=C1CC=Cc2nc3ncccc3cc21. The quantitative estimate of drug-likeness (QED) is 0.648. The fourth-order valence-corrected chi connectivity index (χ4v) is 1.76. The number of rotatable bonds is 0. The summed E-state index contributed by atoms with van der Waals surface area (Å²) >= 11 is 0. The molecule has 0 saturated heterocycles. The van der Waals surface area contributed by atoms with Crippen LogP contribution in [0.5, 0.6) is 0 Å². The molecule has 0 amide bonds. The van der Waals surface area contributed by atoms with Gasteiger partial charge in [-0.05, 0) is 24.3 Å². The Morgan fingerprint density at radius 2 is 2.27 bits per heavy atom. The van der Waals surface area contributed by atoms with Gasteiger partial charge in [0.25, 0.3) is 0 Å². The highest BCUT2D eigenvalue weighted by Gasteiger charge is 2.15. The summed E-state index contributed by atoms with van der Waals surface area (Å²) in [7, 11) is 0. The highest BCUT2D eigenvalue weighted by atomic mass is 16.1. The third-order valence-electron chi connectivity index (χ3n) is 2.50. The van der Waals surface area contributed by atoms with Crippen LogP contribution in [-0.2, 0) is 0 Å². The fraction of sp³-hybridized carbons (Fsp3) is 0.0833. The van der Waals surface area contributed by atoms with E-state index in [2.05, 4.69) is 9.97 Å². The summed E-state index contributed by atoms with van der Waals surface area (Å²) in [5.74, 6) is 0.130. The van der Waals surface area contributed by atoms with E-state index in [0.717, 1.165) is 11.1 Å². The molecular formula is C12H8N2O. The first-order chi connectivity index (χ1) is 7.34. The molecule has 0 aliphatic heterocycles. The zero-order valence-electron chi connectivity index (χ0n) is 7.97. The van der Waals surface area contributed by atoms with Crippen LogP contribution < -0.4 is 0 Å². The van der Waals surface area contributed by atoms with Gasteiger partial charge in [-0.1, -0.05) is 6.08 Å². The number of allylic oxidation sites excluding steroid dienone is 1. The second kappa shape index (κ2) is 2.98. The second-order valence-electron chi connectivity index (χ2n) is 3.50. The molecule has 0 unspecified atom stereocenters. The molecule has 3 rings (SSSR count). The summed E-state index contributed by atoms with van der Waals surface area (Å²) in [6.45, 7) is 0. The van der Waals surface area contributed by atoms with E-state index in [1.165, 1.54) is 0 Å². The lowest BCUT2D eigenvalue weighted by Gasteiger charge is -2.08. The third-order valence-corrected chi connectivity index (χ3v) is 2.50. The van der Waals surface area contributed by atoms with Gasteiger partial charge in [0.05, 0.1) is 5.69 Å². The summed E-state index contributed by atoms with van der Waals surface area (Å²) in [4.78, 5) is 20.1. The number of carbonyl (C=O) groups excluding carboxylic acids is 1. The molecule has 0 bridgehead atoms. The summed E-state index contributed by atoms with van der Waals surface area (Å²) < 4.78 is 0. The lowest BCUT2D eigenvalue weighted by Crippen LogP contribution is -2.06. The third kappa shape index (κ3) is 1.24. The van der Waals surface area contributed by atoms with Crippen LogP contribution >= 0.6 is 0 Å². The van der Waals surface area contributed by atoms with E-state index in [1.54, 1.807) is 6.20 Å². The first kappa shape index (κ1) is 8.29. The number of hydrogen-bond acceptors (Lipinski definition) is 3. The Morgan fingerprint density at radius 3 is 3.20 bits per heavy atom. The molecule has 2 heterocycles. The molecule has 2 aromatic heterocycles. The minimum atomic E-state index is 0.130. The number of pyridine rings is 2. The fourth-order valence-electron chi connectivity index (χ4n) is 1.76. The van der Waals surface area contributed by atoms with E-state index < -0.39 is 0 Å². The topological polar surface area (TPSA) is 42.9 Å². The Hall–Kier alpha value is -2.03. The van der Waals surface area contributed by atoms with Crippen molar-refractivity contribution in [3.8, 4) is 0 Å². The predicted molar refractivity (Wildman–Crippen MR) is 57.5 cm³/mol. The van der Waals surface area contributed by atoms with Gasteiger partial charge < -0.3 is 0 Å². The van der Waals surface area contributed by atoms with Crippen molar-refractivity contribution in [1.82, 2.24) is 9.97 Å². The maximum absolute atomic E-state index is 11.6. The van der Waals surface area contributed by atoms with E-state index in [-0.39, 0.29) is 5.78 Å². The molecule has 0 saturated carbocycles. The highest BCUT2D eigenvalue weighted by Crippen LogP contribution is 2.21. The van der Waals surface area contributed by atoms with Crippen LogP contribution in [-0.4, -0.2) is 15.8 Å². The molecule has 0 radical (unpaired) electrons. The Morgan fingerprint density at radius 1 is 1.33 bits per heavy atom. The van der Waals surface area contributed by atoms with Gasteiger partial charge >= 0.3 is 0 Å². The lowest BCUT2D eigenvalue weighted by atomic mass is 10.00. The Bertz CT molecular complexity index is 587. The number of Topliss-reactive ketones (excluding diaryl/α,β-unsaturated/α-hetero) is 1. The first-order valence-corrected chi connectivity index (χ1v) is 4.80. The molecule has 0 aromatic carbocycles. The van der Waals surface area contributed by atoms with Crippen molar-refractivity contribution < 1.29 is 4.79 Å². The van der Waals surface area contributed by atoms with Gasteiger partial charge in [0.2, 0.25) is 0 Å². The molecule has 0 fully saturated rings. The zero-order valence-corrected chi connectivity index (χ0v) is 7.97. The Kier molecular flexibility index (Phi) is 1.65. The smallest absolute Gasteiger partial charge is 0.168 e. The summed E-state index contributed by atoms with van der Waals surface area (Å²) in [5, 5.41) is 0.917. The number of nitrogens with zero attached hydrogens (tertiary/aromatic N) is 2. The minimum absolute atomic E-state index is 0.130. The second-order valence-corrected chi connectivity index (χ2v) is 3.50. The molecule has 15 heavy (non-hydrogen) atoms. The van der Waals surface area contributed by atoms with Gasteiger partial charge in [-0.25, -0.2) is 9.97 Å². The zero-order chi connectivity index (χ0) is 10.3. The summed E-state index contributed by atoms with van der Waals surface area (Å²) in [5.41, 5.74) is 2.13. The van der Waals surface area contributed by atoms with Crippen LogP contribution in [0.1, 0.15) is 22.5 Å². The molecule has 1 aliphatic rings. The minimum Gasteiger partial charge on any atom is -0.294 e. The van der Waals surface area contributed by atoms with E-state index in [4.69, 9.17) is 0 Å². The van der Waals surface area contributed by atoms with E-state index in [9.17, 15) is 4.79 Å². The van der Waals surface area contributed by atoms with Crippen LogP contribution in [0.15, 0.2) is 30.5 Å². The largest absolute Gasteiger partial charge is 0.294 e. The molecule has 2 aromatic rings. The molecule has 0 spiro atoms. The number of carbonyl (C=O) groups is 1. The van der Waals surface area contributed by atoms with Crippen LogP contribution in [0.4, 0.5) is 0 Å². The summed E-state index contributed by atoms with van der Waals surface area (Å²) in [6, 6.07) is 5.64. The molecule has 0 atom stereocenters. The number of aromatic nitrogens is 2. The van der Waals surface area contributed by atoms with E-state index in [0.29, 0.717) is 17.6 Å². The first-order valence-electron chi connectivity index (χ1n) is 4.80. The van der Waals surface area contributed by atoms with Crippen molar-refractivity contribution in [3.05, 3.63) is 41.7 Å². The van der Waals surface area contributed by atoms with Gasteiger partial charge in [-0.2, -0.15) is 0 Å².